The van der Waals surface area contributed by atoms with Crippen LogP contribution in [0.1, 0.15) is 25.1 Å². The molecule has 0 amide bonds. The molecule has 0 aliphatic rings. The number of imidazole rings is 1. The molecule has 0 aliphatic heterocycles. The summed E-state index contributed by atoms with van der Waals surface area (Å²) in [5.41, 5.74) is 2.47. The fourth-order valence-electron chi connectivity index (χ4n) is 1.78. The number of rotatable bonds is 5. The number of aryl methyl sites for hydroxylation is 3. The second-order valence-corrected chi connectivity index (χ2v) is 5.36. The third-order valence-electron chi connectivity index (χ3n) is 2.54. The lowest BCUT2D eigenvalue weighted by Gasteiger charge is -2.11. The monoisotopic (exact) mass is 249 g/mol. The molecule has 0 bridgehead atoms. The summed E-state index contributed by atoms with van der Waals surface area (Å²) in [4.78, 5) is 4.51. The Morgan fingerprint density at radius 2 is 2.29 bits per heavy atom. The first-order valence-corrected chi connectivity index (χ1v) is 6.91. The van der Waals surface area contributed by atoms with Gasteiger partial charge in [0, 0.05) is 18.8 Å². The van der Waals surface area contributed by atoms with Gasteiger partial charge in [-0.3, -0.25) is 0 Å². The molecule has 0 aliphatic carbocycles. The van der Waals surface area contributed by atoms with Crippen molar-refractivity contribution in [2.24, 2.45) is 0 Å². The largest absolute Gasteiger partial charge is 0.353 e. The lowest BCUT2D eigenvalue weighted by molar-refractivity contribution is 0.692. The number of nitrogens with zero attached hydrogens (tertiary/aromatic N) is 2. The molecule has 2 heterocycles. The minimum absolute atomic E-state index is 0.414. The first-order chi connectivity index (χ1) is 8.15. The maximum atomic E-state index is 4.51. The second-order valence-electron chi connectivity index (χ2n) is 4.58. The van der Waals surface area contributed by atoms with Crippen molar-refractivity contribution in [3.8, 4) is 0 Å². The van der Waals surface area contributed by atoms with Gasteiger partial charge in [-0.15, -0.1) is 0 Å². The van der Waals surface area contributed by atoms with Crippen LogP contribution >= 0.6 is 11.3 Å². The summed E-state index contributed by atoms with van der Waals surface area (Å²) in [7, 11) is 0. The van der Waals surface area contributed by atoms with E-state index in [0.29, 0.717) is 6.04 Å². The molecular weight excluding hydrogens is 230 g/mol. The average Bonchev–Trinajstić information content (AvgIpc) is 2.84. The van der Waals surface area contributed by atoms with E-state index in [9.17, 15) is 0 Å². The zero-order valence-corrected chi connectivity index (χ0v) is 11.4. The lowest BCUT2D eigenvalue weighted by atomic mass is 10.2. The number of aromatic nitrogens is 2. The number of anilines is 1. The van der Waals surface area contributed by atoms with Gasteiger partial charge in [-0.2, -0.15) is 11.3 Å². The smallest absolute Gasteiger partial charge is 0.203 e. The van der Waals surface area contributed by atoms with Crippen molar-refractivity contribution in [1.29, 1.82) is 0 Å². The van der Waals surface area contributed by atoms with Crippen LogP contribution in [-0.2, 0) is 13.0 Å². The van der Waals surface area contributed by atoms with Crippen LogP contribution in [0.4, 0.5) is 5.95 Å². The Kier molecular flexibility index (Phi) is 3.84. The highest BCUT2D eigenvalue weighted by Crippen LogP contribution is 2.13. The summed E-state index contributed by atoms with van der Waals surface area (Å²) in [6, 6.07) is 2.60. The summed E-state index contributed by atoms with van der Waals surface area (Å²) in [5.74, 6) is 0.979. The van der Waals surface area contributed by atoms with Crippen molar-refractivity contribution in [1.82, 2.24) is 9.55 Å². The normalized spacial score (nSPS) is 11.1. The molecule has 92 valence electrons. The molecular formula is C13H19N3S. The fourth-order valence-corrected chi connectivity index (χ4v) is 2.48. The molecule has 2 aromatic rings. The summed E-state index contributed by atoms with van der Waals surface area (Å²) >= 11 is 1.75. The molecule has 0 saturated carbocycles. The molecule has 0 aromatic carbocycles. The second kappa shape index (κ2) is 5.36. The van der Waals surface area contributed by atoms with Crippen molar-refractivity contribution in [2.45, 2.75) is 39.8 Å². The Bertz CT molecular complexity index is 457. The topological polar surface area (TPSA) is 29.9 Å². The van der Waals surface area contributed by atoms with Crippen LogP contribution in [0.25, 0.3) is 0 Å². The highest BCUT2D eigenvalue weighted by Gasteiger charge is 2.06. The van der Waals surface area contributed by atoms with Gasteiger partial charge >= 0.3 is 0 Å². The molecule has 0 spiro atoms. The average molecular weight is 249 g/mol. The predicted octanol–water partition coefficient (Wildman–Crippen LogP) is 3.32. The summed E-state index contributed by atoms with van der Waals surface area (Å²) in [6.07, 6.45) is 3.17. The molecule has 0 fully saturated rings. The summed E-state index contributed by atoms with van der Waals surface area (Å²) in [6.45, 7) is 7.28. The van der Waals surface area contributed by atoms with E-state index in [4.69, 9.17) is 0 Å². The molecule has 2 rings (SSSR count). The van der Waals surface area contributed by atoms with Crippen LogP contribution in [0.3, 0.4) is 0 Å². The highest BCUT2D eigenvalue weighted by molar-refractivity contribution is 7.07. The molecule has 3 nitrogen and oxygen atoms in total. The van der Waals surface area contributed by atoms with Gasteiger partial charge < -0.3 is 9.88 Å². The Morgan fingerprint density at radius 1 is 1.47 bits per heavy atom. The van der Waals surface area contributed by atoms with Gasteiger partial charge in [0.15, 0.2) is 0 Å². The van der Waals surface area contributed by atoms with Gasteiger partial charge in [0.2, 0.25) is 5.95 Å². The van der Waals surface area contributed by atoms with E-state index in [1.54, 1.807) is 11.3 Å². The van der Waals surface area contributed by atoms with Crippen LogP contribution < -0.4 is 5.32 Å². The zero-order chi connectivity index (χ0) is 12.3. The van der Waals surface area contributed by atoms with Gasteiger partial charge in [-0.05, 0) is 49.6 Å². The van der Waals surface area contributed by atoms with Crippen LogP contribution in [0.2, 0.25) is 0 Å². The molecule has 4 heteroatoms. The zero-order valence-electron chi connectivity index (χ0n) is 10.6. The quantitative estimate of drug-likeness (QED) is 0.881. The maximum Gasteiger partial charge on any atom is 0.203 e. The Morgan fingerprint density at radius 3 is 2.94 bits per heavy atom. The molecule has 1 N–H and O–H groups in total. The van der Waals surface area contributed by atoms with E-state index >= 15 is 0 Å². The molecule has 0 unspecified atom stereocenters. The number of nitrogens with one attached hydrogen (secondary N) is 1. The standard InChI is InChI=1S/C13H19N3S/c1-10(2)14-13-15-11(3)8-16(13)6-4-12-5-7-17-9-12/h5,7-10H,4,6H2,1-3H3,(H,14,15). The van der Waals surface area contributed by atoms with E-state index in [2.05, 4.69) is 51.7 Å². The van der Waals surface area contributed by atoms with E-state index in [-0.39, 0.29) is 0 Å². The molecule has 0 radical (unpaired) electrons. The third-order valence-corrected chi connectivity index (χ3v) is 3.27. The molecule has 17 heavy (non-hydrogen) atoms. The third kappa shape index (κ3) is 3.33. The first-order valence-electron chi connectivity index (χ1n) is 5.96. The highest BCUT2D eigenvalue weighted by atomic mass is 32.1. The van der Waals surface area contributed by atoms with Crippen LogP contribution in [-0.4, -0.2) is 15.6 Å². The molecule has 2 aromatic heterocycles. The van der Waals surface area contributed by atoms with Crippen molar-refractivity contribution in [2.75, 3.05) is 5.32 Å². The van der Waals surface area contributed by atoms with Crippen LogP contribution in [0.5, 0.6) is 0 Å². The SMILES string of the molecule is Cc1cn(CCc2ccsc2)c(NC(C)C)n1. The Labute approximate surface area is 107 Å². The minimum atomic E-state index is 0.414. The van der Waals surface area contributed by atoms with E-state index in [1.165, 1.54) is 5.56 Å². The molecule has 0 atom stereocenters. The number of hydrogen-bond acceptors (Lipinski definition) is 3. The number of thiophene rings is 1. The van der Waals surface area contributed by atoms with E-state index < -0.39 is 0 Å². The van der Waals surface area contributed by atoms with Gasteiger partial charge in [0.1, 0.15) is 0 Å². The predicted molar refractivity (Wildman–Crippen MR) is 73.7 cm³/mol. The molecule has 0 saturated heterocycles. The Hall–Kier alpha value is -1.29. The first kappa shape index (κ1) is 12.2. The Balaban J connectivity index is 2.04. The van der Waals surface area contributed by atoms with Crippen LogP contribution in [0, 0.1) is 6.92 Å². The summed E-state index contributed by atoms with van der Waals surface area (Å²) < 4.78 is 2.20. The summed E-state index contributed by atoms with van der Waals surface area (Å²) in [5, 5.41) is 7.71. The van der Waals surface area contributed by atoms with E-state index in [1.807, 2.05) is 6.92 Å². The van der Waals surface area contributed by atoms with Crippen molar-refractivity contribution < 1.29 is 0 Å². The van der Waals surface area contributed by atoms with Crippen LogP contribution in [0.15, 0.2) is 23.0 Å². The van der Waals surface area contributed by atoms with Gasteiger partial charge in [-0.25, -0.2) is 4.98 Å². The van der Waals surface area contributed by atoms with Crippen molar-refractivity contribution in [3.63, 3.8) is 0 Å². The van der Waals surface area contributed by atoms with Gasteiger partial charge in [0.05, 0.1) is 5.69 Å². The maximum absolute atomic E-state index is 4.51. The van der Waals surface area contributed by atoms with Gasteiger partial charge in [-0.1, -0.05) is 0 Å². The fraction of sp³-hybridized carbons (Fsp3) is 0.462. The lowest BCUT2D eigenvalue weighted by Crippen LogP contribution is -2.15. The van der Waals surface area contributed by atoms with Crippen molar-refractivity contribution in [3.05, 3.63) is 34.3 Å². The van der Waals surface area contributed by atoms with E-state index in [0.717, 1.165) is 24.6 Å². The number of hydrogen-bond donors (Lipinski definition) is 1. The van der Waals surface area contributed by atoms with Crippen molar-refractivity contribution >= 4 is 17.3 Å². The minimum Gasteiger partial charge on any atom is -0.353 e. The van der Waals surface area contributed by atoms with Gasteiger partial charge in [0.25, 0.3) is 0 Å².